The average Bonchev–Trinajstić information content (AvgIpc) is 3.16. The van der Waals surface area contributed by atoms with E-state index in [0.29, 0.717) is 24.4 Å². The van der Waals surface area contributed by atoms with Crippen LogP contribution in [0.2, 0.25) is 0 Å². The fourth-order valence-electron chi connectivity index (χ4n) is 8.39. The lowest BCUT2D eigenvalue weighted by Crippen LogP contribution is -2.62. The van der Waals surface area contributed by atoms with Gasteiger partial charge in [-0.25, -0.2) is 4.79 Å². The quantitative estimate of drug-likeness (QED) is 0.688. The van der Waals surface area contributed by atoms with E-state index >= 15 is 0 Å². The Hall–Kier alpha value is -0.870. The molecule has 4 fully saturated rings. The Morgan fingerprint density at radius 2 is 1.85 bits per heavy atom. The molecule has 150 valence electrons. The van der Waals surface area contributed by atoms with E-state index in [1.54, 1.807) is 6.08 Å². The average molecular weight is 375 g/mol. The van der Waals surface area contributed by atoms with E-state index in [-0.39, 0.29) is 28.8 Å². The molecular weight excluding hydrogens is 340 g/mol. The van der Waals surface area contributed by atoms with Gasteiger partial charge in [-0.15, -0.1) is 0 Å². The lowest BCUT2D eigenvalue weighted by molar-refractivity contribution is -0.208. The Labute approximate surface area is 162 Å². The number of aliphatic hydroxyl groups excluding tert-OH is 1. The van der Waals surface area contributed by atoms with Crippen LogP contribution >= 0.6 is 0 Å². The standard InChI is InChI=1S/C23H34O4/c1-21-8-5-16(24)12-15(21)3-4-19-18(21)6-9-22(2)17(7-10-23(19,22)26)14-11-20(25)27-13-14/h11,15-19,24,26H,3-10,12-13H2,1-2H3/t15-,16-,17+,18+,19-,21+,22-,23+/m1/s1. The second-order valence-electron chi connectivity index (χ2n) is 10.7. The molecule has 5 rings (SSSR count). The number of fused-ring (bicyclic) bond motifs is 5. The van der Waals surface area contributed by atoms with Gasteiger partial charge >= 0.3 is 5.97 Å². The predicted molar refractivity (Wildman–Crippen MR) is 102 cm³/mol. The Morgan fingerprint density at radius 1 is 1.04 bits per heavy atom. The predicted octanol–water partition coefficient (Wildman–Crippen LogP) is 3.60. The van der Waals surface area contributed by atoms with Gasteiger partial charge in [0.05, 0.1) is 11.7 Å². The van der Waals surface area contributed by atoms with Gasteiger partial charge in [0.25, 0.3) is 0 Å². The molecule has 0 bridgehead atoms. The number of hydrogen-bond acceptors (Lipinski definition) is 4. The topological polar surface area (TPSA) is 66.8 Å². The number of cyclic esters (lactones) is 1. The zero-order chi connectivity index (χ0) is 19.0. The van der Waals surface area contributed by atoms with Crippen molar-refractivity contribution in [2.75, 3.05) is 6.61 Å². The maximum Gasteiger partial charge on any atom is 0.331 e. The first kappa shape index (κ1) is 18.2. The van der Waals surface area contributed by atoms with Crippen molar-refractivity contribution in [1.29, 1.82) is 0 Å². The molecule has 0 aromatic heterocycles. The van der Waals surface area contributed by atoms with Crippen LogP contribution in [0.1, 0.15) is 71.6 Å². The SMILES string of the molecule is C[C@]12CC[C@@H](O)C[C@H]1CC[C@@H]1[C@@H]2CC[C@]2(C)[C@H](C3=CC(=O)OC3)CC[C@]12O. The maximum atomic E-state index is 12.1. The first-order valence-corrected chi connectivity index (χ1v) is 11.1. The molecular formula is C23H34O4. The fraction of sp³-hybridized carbons (Fsp3) is 0.870. The van der Waals surface area contributed by atoms with E-state index in [1.165, 1.54) is 6.42 Å². The summed E-state index contributed by atoms with van der Waals surface area (Å²) in [6.07, 6.45) is 10.8. The summed E-state index contributed by atoms with van der Waals surface area (Å²) in [6, 6.07) is 0. The minimum Gasteiger partial charge on any atom is -0.458 e. The minimum atomic E-state index is -0.628. The number of rotatable bonds is 1. The van der Waals surface area contributed by atoms with Crippen molar-refractivity contribution in [2.45, 2.75) is 83.3 Å². The molecule has 2 N–H and O–H groups in total. The van der Waals surface area contributed by atoms with Crippen LogP contribution in [0, 0.1) is 34.5 Å². The van der Waals surface area contributed by atoms with Gasteiger partial charge in [-0.2, -0.15) is 0 Å². The lowest BCUT2D eigenvalue weighted by atomic mass is 9.43. The summed E-state index contributed by atoms with van der Waals surface area (Å²) in [5, 5.41) is 22.3. The highest BCUT2D eigenvalue weighted by Gasteiger charge is 2.67. The largest absolute Gasteiger partial charge is 0.458 e. The van der Waals surface area contributed by atoms with Crippen LogP contribution in [-0.4, -0.2) is 34.5 Å². The van der Waals surface area contributed by atoms with E-state index in [1.807, 2.05) is 0 Å². The van der Waals surface area contributed by atoms with E-state index < -0.39 is 5.60 Å². The van der Waals surface area contributed by atoms with Crippen molar-refractivity contribution in [1.82, 2.24) is 0 Å². The van der Waals surface area contributed by atoms with Crippen LogP contribution in [0.3, 0.4) is 0 Å². The van der Waals surface area contributed by atoms with Crippen molar-refractivity contribution in [2.24, 2.45) is 34.5 Å². The number of carbonyl (C=O) groups is 1. The lowest BCUT2D eigenvalue weighted by Gasteiger charge is -2.63. The van der Waals surface area contributed by atoms with Crippen molar-refractivity contribution < 1.29 is 19.7 Å². The third kappa shape index (κ3) is 2.32. The second-order valence-corrected chi connectivity index (χ2v) is 10.7. The van der Waals surface area contributed by atoms with Gasteiger partial charge < -0.3 is 14.9 Å². The monoisotopic (exact) mass is 374 g/mol. The van der Waals surface area contributed by atoms with E-state index in [9.17, 15) is 15.0 Å². The molecule has 1 heterocycles. The van der Waals surface area contributed by atoms with E-state index in [0.717, 1.165) is 56.9 Å². The molecule has 5 aliphatic rings. The van der Waals surface area contributed by atoms with Crippen LogP contribution < -0.4 is 0 Å². The molecule has 0 unspecified atom stereocenters. The Morgan fingerprint density at radius 3 is 2.59 bits per heavy atom. The molecule has 0 amide bonds. The van der Waals surface area contributed by atoms with Gasteiger partial charge in [-0.1, -0.05) is 13.8 Å². The number of hydrogen-bond donors (Lipinski definition) is 2. The molecule has 4 nitrogen and oxygen atoms in total. The Balaban J connectivity index is 1.47. The maximum absolute atomic E-state index is 12.1. The molecule has 0 radical (unpaired) electrons. The van der Waals surface area contributed by atoms with Crippen LogP contribution in [-0.2, 0) is 9.53 Å². The summed E-state index contributed by atoms with van der Waals surface area (Å²) in [4.78, 5) is 11.6. The Bertz CT molecular complexity index is 686. The summed E-state index contributed by atoms with van der Waals surface area (Å²) in [5.74, 6) is 1.59. The number of ether oxygens (including phenoxy) is 1. The van der Waals surface area contributed by atoms with Crippen molar-refractivity contribution in [3.05, 3.63) is 11.6 Å². The van der Waals surface area contributed by atoms with Crippen LogP contribution in [0.4, 0.5) is 0 Å². The van der Waals surface area contributed by atoms with Gasteiger partial charge in [0.2, 0.25) is 0 Å². The summed E-state index contributed by atoms with van der Waals surface area (Å²) in [6.45, 7) is 5.15. The highest BCUT2D eigenvalue weighted by atomic mass is 16.5. The van der Waals surface area contributed by atoms with Crippen LogP contribution in [0.5, 0.6) is 0 Å². The summed E-state index contributed by atoms with van der Waals surface area (Å²) in [5.41, 5.74) is 0.600. The third-order valence-corrected chi connectivity index (χ3v) is 9.96. The van der Waals surface area contributed by atoms with Crippen LogP contribution in [0.25, 0.3) is 0 Å². The van der Waals surface area contributed by atoms with Gasteiger partial charge in [0.15, 0.2) is 0 Å². The second kappa shape index (κ2) is 5.82. The molecule has 27 heavy (non-hydrogen) atoms. The van der Waals surface area contributed by atoms with Gasteiger partial charge in [-0.05, 0) is 92.4 Å². The summed E-state index contributed by atoms with van der Waals surface area (Å²) >= 11 is 0. The van der Waals surface area contributed by atoms with Crippen molar-refractivity contribution >= 4 is 5.97 Å². The molecule has 0 aromatic rings. The third-order valence-electron chi connectivity index (χ3n) is 9.96. The molecule has 8 atom stereocenters. The Kier molecular flexibility index (Phi) is 3.92. The molecule has 4 heteroatoms. The highest BCUT2D eigenvalue weighted by molar-refractivity contribution is 5.85. The van der Waals surface area contributed by atoms with E-state index in [2.05, 4.69) is 13.8 Å². The normalized spacial score (nSPS) is 54.6. The fourth-order valence-corrected chi connectivity index (χ4v) is 8.39. The first-order valence-electron chi connectivity index (χ1n) is 11.1. The zero-order valence-corrected chi connectivity index (χ0v) is 16.7. The van der Waals surface area contributed by atoms with Gasteiger partial charge in [-0.3, -0.25) is 0 Å². The molecule has 0 spiro atoms. The molecule has 4 saturated carbocycles. The van der Waals surface area contributed by atoms with Gasteiger partial charge in [0, 0.05) is 11.5 Å². The number of carbonyl (C=O) groups excluding carboxylic acids is 1. The molecule has 0 saturated heterocycles. The highest BCUT2D eigenvalue weighted by Crippen LogP contribution is 2.69. The molecule has 1 aliphatic heterocycles. The van der Waals surface area contributed by atoms with Crippen molar-refractivity contribution in [3.63, 3.8) is 0 Å². The number of aliphatic hydroxyl groups is 2. The van der Waals surface area contributed by atoms with Crippen LogP contribution in [0.15, 0.2) is 11.6 Å². The van der Waals surface area contributed by atoms with E-state index in [4.69, 9.17) is 4.74 Å². The number of esters is 1. The molecule has 0 aromatic carbocycles. The summed E-state index contributed by atoms with van der Waals surface area (Å²) in [7, 11) is 0. The van der Waals surface area contributed by atoms with Crippen molar-refractivity contribution in [3.8, 4) is 0 Å². The van der Waals surface area contributed by atoms with Gasteiger partial charge in [0.1, 0.15) is 6.61 Å². The summed E-state index contributed by atoms with van der Waals surface area (Å²) < 4.78 is 5.20. The zero-order valence-electron chi connectivity index (χ0n) is 16.7. The molecule has 4 aliphatic carbocycles. The first-order chi connectivity index (χ1) is 12.8. The smallest absolute Gasteiger partial charge is 0.331 e. The minimum absolute atomic E-state index is 0.126.